The summed E-state index contributed by atoms with van der Waals surface area (Å²) in [4.78, 5) is 8.92. The summed E-state index contributed by atoms with van der Waals surface area (Å²) >= 11 is 3.43. The van der Waals surface area contributed by atoms with Crippen molar-refractivity contribution in [3.05, 3.63) is 35.9 Å². The smallest absolute Gasteiger partial charge is 0.328 e. The van der Waals surface area contributed by atoms with Gasteiger partial charge in [-0.3, -0.25) is 4.52 Å². The molecule has 0 aliphatic carbocycles. The minimum Gasteiger partial charge on any atom is -0.328 e. The van der Waals surface area contributed by atoms with Crippen molar-refractivity contribution in [3.8, 4) is 0 Å². The van der Waals surface area contributed by atoms with Gasteiger partial charge in [0.15, 0.2) is 0 Å². The van der Waals surface area contributed by atoms with Crippen molar-refractivity contribution < 1.29 is 14.0 Å². The molecule has 2 unspecified atom stereocenters. The molecule has 0 heterocycles. The monoisotopic (exact) mass is 233 g/mol. The van der Waals surface area contributed by atoms with E-state index in [-0.39, 0.29) is 6.54 Å². The second-order valence-corrected chi connectivity index (χ2v) is 5.44. The SMILES string of the molecule is NCC(OP(=O)(O)S)c1ccccc1. The zero-order valence-electron chi connectivity index (χ0n) is 7.41. The summed E-state index contributed by atoms with van der Waals surface area (Å²) in [6.45, 7) is -3.66. The lowest BCUT2D eigenvalue weighted by Gasteiger charge is -2.16. The number of hydrogen-bond donors (Lipinski definition) is 3. The van der Waals surface area contributed by atoms with Gasteiger partial charge in [-0.25, -0.2) is 4.57 Å². The van der Waals surface area contributed by atoms with Crippen LogP contribution in [0, 0.1) is 0 Å². The molecule has 14 heavy (non-hydrogen) atoms. The van der Waals surface area contributed by atoms with Crippen LogP contribution in [0.3, 0.4) is 0 Å². The van der Waals surface area contributed by atoms with E-state index >= 15 is 0 Å². The number of rotatable bonds is 4. The van der Waals surface area contributed by atoms with Gasteiger partial charge < -0.3 is 10.6 Å². The van der Waals surface area contributed by atoms with Crippen LogP contribution in [-0.4, -0.2) is 11.4 Å². The van der Waals surface area contributed by atoms with Crippen LogP contribution in [0.1, 0.15) is 11.7 Å². The number of benzene rings is 1. The molecule has 1 aromatic rings. The molecule has 0 saturated heterocycles. The Hall–Kier alpha value is -0.320. The van der Waals surface area contributed by atoms with Crippen LogP contribution in [0.5, 0.6) is 0 Å². The van der Waals surface area contributed by atoms with E-state index in [0.29, 0.717) is 0 Å². The van der Waals surface area contributed by atoms with E-state index in [4.69, 9.17) is 15.2 Å². The third kappa shape index (κ3) is 3.82. The molecule has 78 valence electrons. The predicted molar refractivity (Wildman–Crippen MR) is 58.1 cm³/mol. The van der Waals surface area contributed by atoms with Crippen molar-refractivity contribution in [3.63, 3.8) is 0 Å². The van der Waals surface area contributed by atoms with E-state index in [9.17, 15) is 4.57 Å². The molecule has 3 N–H and O–H groups in total. The highest BCUT2D eigenvalue weighted by molar-refractivity contribution is 8.44. The minimum absolute atomic E-state index is 0.134. The third-order valence-corrected chi connectivity index (χ3v) is 2.46. The highest BCUT2D eigenvalue weighted by Crippen LogP contribution is 2.50. The van der Waals surface area contributed by atoms with Crippen LogP contribution in [0.15, 0.2) is 30.3 Å². The fourth-order valence-corrected chi connectivity index (χ4v) is 1.95. The summed E-state index contributed by atoms with van der Waals surface area (Å²) in [7, 11) is 0. The van der Waals surface area contributed by atoms with Gasteiger partial charge in [-0.1, -0.05) is 42.6 Å². The second kappa shape index (κ2) is 4.96. The highest BCUT2D eigenvalue weighted by Gasteiger charge is 2.20. The Morgan fingerprint density at radius 2 is 2.07 bits per heavy atom. The van der Waals surface area contributed by atoms with Gasteiger partial charge in [-0.15, -0.1) is 0 Å². The van der Waals surface area contributed by atoms with E-state index in [1.165, 1.54) is 0 Å². The maximum absolute atomic E-state index is 10.9. The molecular formula is C8H12NO3PS. The Morgan fingerprint density at radius 1 is 1.50 bits per heavy atom. The molecule has 0 aliphatic heterocycles. The van der Waals surface area contributed by atoms with E-state index in [1.807, 2.05) is 18.2 Å². The first-order valence-electron chi connectivity index (χ1n) is 4.02. The molecule has 2 atom stereocenters. The molecule has 6 heteroatoms. The second-order valence-electron chi connectivity index (χ2n) is 2.73. The van der Waals surface area contributed by atoms with Crippen molar-refractivity contribution >= 4 is 19.0 Å². The molecule has 0 bridgehead atoms. The van der Waals surface area contributed by atoms with Gasteiger partial charge in [0.05, 0.1) is 0 Å². The summed E-state index contributed by atoms with van der Waals surface area (Å²) in [6, 6.07) is 9.02. The van der Waals surface area contributed by atoms with Crippen LogP contribution >= 0.6 is 19.0 Å². The van der Waals surface area contributed by atoms with Crippen LogP contribution in [0.25, 0.3) is 0 Å². The van der Waals surface area contributed by atoms with Crippen molar-refractivity contribution in [2.75, 3.05) is 6.54 Å². The molecule has 1 aromatic carbocycles. The van der Waals surface area contributed by atoms with Crippen molar-refractivity contribution in [2.45, 2.75) is 6.10 Å². The Bertz CT molecular complexity index is 327. The zero-order valence-corrected chi connectivity index (χ0v) is 9.20. The molecule has 0 fully saturated rings. The lowest BCUT2D eigenvalue weighted by molar-refractivity contribution is 0.194. The molecular weight excluding hydrogens is 221 g/mol. The Kier molecular flexibility index (Phi) is 4.16. The molecule has 0 aromatic heterocycles. The molecule has 1 rings (SSSR count). The van der Waals surface area contributed by atoms with E-state index in [2.05, 4.69) is 12.2 Å². The highest BCUT2D eigenvalue weighted by atomic mass is 32.7. The maximum Gasteiger partial charge on any atom is 0.384 e. The molecule has 0 aliphatic rings. The average molecular weight is 233 g/mol. The molecule has 0 radical (unpaired) electrons. The Morgan fingerprint density at radius 3 is 2.50 bits per heavy atom. The van der Waals surface area contributed by atoms with Crippen LogP contribution in [0.2, 0.25) is 0 Å². The molecule has 0 saturated carbocycles. The fraction of sp³-hybridized carbons (Fsp3) is 0.250. The van der Waals surface area contributed by atoms with Crippen LogP contribution in [0.4, 0.5) is 0 Å². The predicted octanol–water partition coefficient (Wildman–Crippen LogP) is 1.73. The lowest BCUT2D eigenvalue weighted by Crippen LogP contribution is -2.13. The lowest BCUT2D eigenvalue weighted by atomic mass is 10.1. The third-order valence-electron chi connectivity index (χ3n) is 1.65. The number of thiol groups is 1. The quantitative estimate of drug-likeness (QED) is 0.547. The molecule has 0 spiro atoms. The first-order valence-corrected chi connectivity index (χ1v) is 6.75. The van der Waals surface area contributed by atoms with E-state index in [1.54, 1.807) is 12.1 Å². The molecule has 4 nitrogen and oxygen atoms in total. The normalized spacial score (nSPS) is 17.4. The first-order chi connectivity index (χ1) is 6.53. The summed E-state index contributed by atoms with van der Waals surface area (Å²) in [5.41, 5.74) is 6.18. The summed E-state index contributed by atoms with van der Waals surface area (Å²) in [5.74, 6) is 0. The zero-order chi connectivity index (χ0) is 10.6. The van der Waals surface area contributed by atoms with Gasteiger partial charge >= 0.3 is 6.80 Å². The van der Waals surface area contributed by atoms with Crippen LogP contribution in [-0.2, 0) is 9.09 Å². The number of nitrogens with two attached hydrogens (primary N) is 1. The number of hydrogen-bond acceptors (Lipinski definition) is 3. The maximum atomic E-state index is 10.9. The van der Waals surface area contributed by atoms with Gasteiger partial charge in [-0.05, 0) is 5.56 Å². The average Bonchev–Trinajstić information content (AvgIpc) is 2.14. The molecule has 0 amide bonds. The first kappa shape index (κ1) is 11.8. The van der Waals surface area contributed by atoms with Gasteiger partial charge in [0.1, 0.15) is 6.10 Å². The Labute approximate surface area is 87.8 Å². The van der Waals surface area contributed by atoms with Crippen LogP contribution < -0.4 is 5.73 Å². The summed E-state index contributed by atoms with van der Waals surface area (Å²) < 4.78 is 15.7. The van der Waals surface area contributed by atoms with Gasteiger partial charge in [0.2, 0.25) is 0 Å². The fourth-order valence-electron chi connectivity index (χ4n) is 1.07. The van der Waals surface area contributed by atoms with E-state index in [0.717, 1.165) is 5.56 Å². The van der Waals surface area contributed by atoms with Crippen molar-refractivity contribution in [2.24, 2.45) is 5.73 Å². The summed E-state index contributed by atoms with van der Waals surface area (Å²) in [5, 5.41) is 0. The largest absolute Gasteiger partial charge is 0.384 e. The summed E-state index contributed by atoms with van der Waals surface area (Å²) in [6.07, 6.45) is -0.593. The van der Waals surface area contributed by atoms with Gasteiger partial charge in [-0.2, -0.15) is 0 Å². The topological polar surface area (TPSA) is 72.5 Å². The van der Waals surface area contributed by atoms with Crippen molar-refractivity contribution in [1.82, 2.24) is 0 Å². The van der Waals surface area contributed by atoms with Gasteiger partial charge in [0, 0.05) is 6.54 Å². The minimum atomic E-state index is -3.79. The Balaban J connectivity index is 2.78. The standard InChI is InChI=1S/C8H12NO3PS/c9-6-8(12-13(10,11)14)7-4-2-1-3-5-7/h1-5,8H,6,9H2,(H2,10,11,14). The van der Waals surface area contributed by atoms with Gasteiger partial charge in [0.25, 0.3) is 0 Å². The van der Waals surface area contributed by atoms with Crippen molar-refractivity contribution in [1.29, 1.82) is 0 Å². The van der Waals surface area contributed by atoms with E-state index < -0.39 is 12.9 Å².